The predicted octanol–water partition coefficient (Wildman–Crippen LogP) is 2.64. The Bertz CT molecular complexity index is 205. The van der Waals surface area contributed by atoms with Gasteiger partial charge in [-0.15, -0.1) is 0 Å². The highest BCUT2D eigenvalue weighted by molar-refractivity contribution is 7.91. The van der Waals surface area contributed by atoms with Gasteiger partial charge in [-0.3, -0.25) is 0 Å². The summed E-state index contributed by atoms with van der Waals surface area (Å²) >= 11 is 0. The van der Waals surface area contributed by atoms with Crippen LogP contribution >= 0.6 is 0 Å². The second-order valence-electron chi connectivity index (χ2n) is 4.04. The van der Waals surface area contributed by atoms with Crippen molar-refractivity contribution in [3.05, 3.63) is 0 Å². The minimum absolute atomic E-state index is 0.377. The van der Waals surface area contributed by atoms with Gasteiger partial charge in [0, 0.05) is 0 Å². The smallest absolute Gasteiger partial charge is 0.150 e. The van der Waals surface area contributed by atoms with Gasteiger partial charge in [-0.1, -0.05) is 33.6 Å². The topological polar surface area (TPSA) is 34.1 Å². The van der Waals surface area contributed by atoms with Crippen LogP contribution in [0.5, 0.6) is 0 Å². The Labute approximate surface area is 82.6 Å². The van der Waals surface area contributed by atoms with Crippen LogP contribution in [0.4, 0.5) is 0 Å². The van der Waals surface area contributed by atoms with Crippen LogP contribution in [0.2, 0.25) is 0 Å². The maximum Gasteiger partial charge on any atom is 0.150 e. The standard InChI is InChI=1S/C10H22O2S/c1-4-5-8-13(11,12)9-6-7-10(2)3/h10H,4-9H2,1-3H3. The van der Waals surface area contributed by atoms with Gasteiger partial charge in [0.25, 0.3) is 0 Å². The Balaban J connectivity index is 3.64. The molecule has 0 unspecified atom stereocenters. The lowest BCUT2D eigenvalue weighted by Crippen LogP contribution is -2.11. The number of sulfone groups is 1. The van der Waals surface area contributed by atoms with E-state index in [4.69, 9.17) is 0 Å². The minimum atomic E-state index is -2.74. The van der Waals surface area contributed by atoms with Gasteiger partial charge < -0.3 is 0 Å². The molecule has 0 saturated heterocycles. The monoisotopic (exact) mass is 206 g/mol. The number of unbranched alkanes of at least 4 members (excludes halogenated alkanes) is 1. The molecule has 0 radical (unpaired) electrons. The van der Waals surface area contributed by atoms with Gasteiger partial charge in [0.1, 0.15) is 9.84 Å². The molecule has 0 spiro atoms. The highest BCUT2D eigenvalue weighted by Crippen LogP contribution is 2.07. The Kier molecular flexibility index (Phi) is 6.39. The van der Waals surface area contributed by atoms with Gasteiger partial charge in [-0.25, -0.2) is 8.42 Å². The molecule has 0 N–H and O–H groups in total. The van der Waals surface area contributed by atoms with Crippen molar-refractivity contribution < 1.29 is 8.42 Å². The van der Waals surface area contributed by atoms with Crippen molar-refractivity contribution in [3.8, 4) is 0 Å². The van der Waals surface area contributed by atoms with E-state index in [-0.39, 0.29) is 0 Å². The quantitative estimate of drug-likeness (QED) is 0.641. The first kappa shape index (κ1) is 12.9. The molecule has 80 valence electrons. The fourth-order valence-electron chi connectivity index (χ4n) is 1.18. The summed E-state index contributed by atoms with van der Waals surface area (Å²) in [7, 11) is -2.74. The molecule has 0 rings (SSSR count). The zero-order chi connectivity index (χ0) is 10.3. The summed E-state index contributed by atoms with van der Waals surface area (Å²) in [5.74, 6) is 1.37. The molecule has 13 heavy (non-hydrogen) atoms. The average molecular weight is 206 g/mol. The van der Waals surface area contributed by atoms with Crippen molar-refractivity contribution in [2.24, 2.45) is 5.92 Å². The van der Waals surface area contributed by atoms with E-state index in [2.05, 4.69) is 13.8 Å². The molecule has 0 aliphatic heterocycles. The number of hydrogen-bond donors (Lipinski definition) is 0. The molecule has 0 aromatic carbocycles. The normalized spacial score (nSPS) is 12.3. The summed E-state index contributed by atoms with van der Waals surface area (Å²) in [6.45, 7) is 6.26. The Hall–Kier alpha value is -0.0500. The molecule has 0 aliphatic carbocycles. The summed E-state index contributed by atoms with van der Waals surface area (Å²) < 4.78 is 22.7. The first-order valence-corrected chi connectivity index (χ1v) is 7.00. The van der Waals surface area contributed by atoms with Gasteiger partial charge in [0.05, 0.1) is 11.5 Å². The molecule has 0 heterocycles. The third-order valence-electron chi connectivity index (χ3n) is 2.05. The maximum atomic E-state index is 11.4. The molecule has 0 bridgehead atoms. The van der Waals surface area contributed by atoms with Gasteiger partial charge in [-0.05, 0) is 18.8 Å². The van der Waals surface area contributed by atoms with E-state index < -0.39 is 9.84 Å². The molecule has 0 amide bonds. The second kappa shape index (κ2) is 6.41. The molecule has 0 aliphatic rings. The highest BCUT2D eigenvalue weighted by atomic mass is 32.2. The lowest BCUT2D eigenvalue weighted by molar-refractivity contribution is 0.558. The molecular formula is C10H22O2S. The van der Waals surface area contributed by atoms with Crippen molar-refractivity contribution in [1.82, 2.24) is 0 Å². The van der Waals surface area contributed by atoms with Gasteiger partial charge in [0.2, 0.25) is 0 Å². The van der Waals surface area contributed by atoms with E-state index in [0.717, 1.165) is 25.7 Å². The minimum Gasteiger partial charge on any atom is -0.229 e. The summed E-state index contributed by atoms with van der Waals surface area (Å²) in [5.41, 5.74) is 0. The van der Waals surface area contributed by atoms with E-state index in [1.807, 2.05) is 6.92 Å². The van der Waals surface area contributed by atoms with Crippen LogP contribution in [0.1, 0.15) is 46.5 Å². The van der Waals surface area contributed by atoms with Crippen molar-refractivity contribution in [2.75, 3.05) is 11.5 Å². The fraction of sp³-hybridized carbons (Fsp3) is 1.00. The van der Waals surface area contributed by atoms with E-state index >= 15 is 0 Å². The predicted molar refractivity (Wildman–Crippen MR) is 57.6 cm³/mol. The molecule has 0 atom stereocenters. The summed E-state index contributed by atoms with van der Waals surface area (Å²) in [6.07, 6.45) is 3.61. The van der Waals surface area contributed by atoms with Crippen LogP contribution in [0.15, 0.2) is 0 Å². The second-order valence-corrected chi connectivity index (χ2v) is 6.35. The SMILES string of the molecule is CCCCS(=O)(=O)CCCC(C)C. The van der Waals surface area contributed by atoms with Crippen LogP contribution < -0.4 is 0 Å². The summed E-state index contributed by atoms with van der Waals surface area (Å²) in [6, 6.07) is 0. The van der Waals surface area contributed by atoms with Crippen LogP contribution in [0.25, 0.3) is 0 Å². The summed E-state index contributed by atoms with van der Waals surface area (Å²) in [5, 5.41) is 0. The van der Waals surface area contributed by atoms with Crippen LogP contribution in [-0.2, 0) is 9.84 Å². The highest BCUT2D eigenvalue weighted by Gasteiger charge is 2.09. The van der Waals surface area contributed by atoms with Crippen molar-refractivity contribution >= 4 is 9.84 Å². The number of rotatable bonds is 7. The fourth-order valence-corrected chi connectivity index (χ4v) is 2.72. The van der Waals surface area contributed by atoms with E-state index in [1.165, 1.54) is 0 Å². The maximum absolute atomic E-state index is 11.4. The van der Waals surface area contributed by atoms with Crippen LogP contribution in [-0.4, -0.2) is 19.9 Å². The molecule has 0 aromatic heterocycles. The van der Waals surface area contributed by atoms with Crippen LogP contribution in [0, 0.1) is 5.92 Å². The zero-order valence-electron chi connectivity index (χ0n) is 9.04. The lowest BCUT2D eigenvalue weighted by Gasteiger charge is -2.05. The molecular weight excluding hydrogens is 184 g/mol. The number of hydrogen-bond acceptors (Lipinski definition) is 2. The first-order chi connectivity index (χ1) is 5.98. The van der Waals surface area contributed by atoms with E-state index in [9.17, 15) is 8.42 Å². The Morgan fingerprint density at radius 3 is 2.08 bits per heavy atom. The molecule has 0 saturated carbocycles. The molecule has 0 aromatic rings. The Morgan fingerprint density at radius 2 is 1.62 bits per heavy atom. The van der Waals surface area contributed by atoms with Gasteiger partial charge in [0.15, 0.2) is 0 Å². The Morgan fingerprint density at radius 1 is 1.08 bits per heavy atom. The van der Waals surface area contributed by atoms with Crippen molar-refractivity contribution in [2.45, 2.75) is 46.5 Å². The molecule has 0 fully saturated rings. The largest absolute Gasteiger partial charge is 0.229 e. The third-order valence-corrected chi connectivity index (χ3v) is 3.87. The zero-order valence-corrected chi connectivity index (χ0v) is 9.86. The lowest BCUT2D eigenvalue weighted by atomic mass is 10.1. The third kappa shape index (κ3) is 8.28. The molecule has 3 heteroatoms. The average Bonchev–Trinajstić information content (AvgIpc) is 2.00. The first-order valence-electron chi connectivity index (χ1n) is 5.18. The van der Waals surface area contributed by atoms with Crippen molar-refractivity contribution in [3.63, 3.8) is 0 Å². The van der Waals surface area contributed by atoms with Crippen molar-refractivity contribution in [1.29, 1.82) is 0 Å². The van der Waals surface area contributed by atoms with Crippen LogP contribution in [0.3, 0.4) is 0 Å². The van der Waals surface area contributed by atoms with Gasteiger partial charge >= 0.3 is 0 Å². The van der Waals surface area contributed by atoms with E-state index in [1.54, 1.807) is 0 Å². The molecule has 2 nitrogen and oxygen atoms in total. The van der Waals surface area contributed by atoms with Gasteiger partial charge in [-0.2, -0.15) is 0 Å². The van der Waals surface area contributed by atoms with E-state index in [0.29, 0.717) is 17.4 Å². The summed E-state index contributed by atoms with van der Waals surface area (Å²) in [4.78, 5) is 0.